The second-order valence-corrected chi connectivity index (χ2v) is 24.4. The van der Waals surface area contributed by atoms with E-state index in [0.717, 1.165) is 6.07 Å². The Morgan fingerprint density at radius 1 is 0.667 bits per heavy atom. The first kappa shape index (κ1) is 68.8. The number of rotatable bonds is 32. The molecule has 0 saturated carbocycles. The third-order valence-electron chi connectivity index (χ3n) is 10.4. The largest absolute Gasteiger partial charge is 0.480 e. The summed E-state index contributed by atoms with van der Waals surface area (Å²) in [6.45, 7) is 13.6. The number of nitrogens with one attached hydrogen (secondary N) is 2. The van der Waals surface area contributed by atoms with Crippen molar-refractivity contribution in [2.75, 3.05) is 45.6 Å². The number of amides is 2. The molecule has 4 unspecified atom stereocenters. The van der Waals surface area contributed by atoms with Gasteiger partial charge in [0, 0.05) is 37.7 Å². The summed E-state index contributed by atoms with van der Waals surface area (Å²) in [6, 6.07) is 15.2. The van der Waals surface area contributed by atoms with Crippen LogP contribution in [0.15, 0.2) is 94.3 Å². The predicted molar refractivity (Wildman–Crippen MR) is 297 cm³/mol. The molecule has 2 amide bonds. The van der Waals surface area contributed by atoms with Gasteiger partial charge in [0.15, 0.2) is 0 Å². The van der Waals surface area contributed by atoms with E-state index in [2.05, 4.69) is 17.2 Å². The number of carbonyl (C=O) groups excluding carboxylic acids is 3. The smallest absolute Gasteiger partial charge is 0.461 e. The molecule has 0 bridgehead atoms. The summed E-state index contributed by atoms with van der Waals surface area (Å²) < 4.78 is 78.8. The molecule has 4 rings (SSSR count). The SMILES string of the molecule is C=CCOC(=O)C(Cc1ccc(OP(=O)(OCc2ccc([N+](=O)[O-])o2)N(C)CCCCCl)cc1)NC(=O)OC(C)(C)C.CN(CCCCCl)P(=O)(OCc1ccc([N+](=O)[O-])o1)Oc1ccc(CC(NC(=O)OC(C)(C)C)C(=O)O)cc1. The summed E-state index contributed by atoms with van der Waals surface area (Å²) in [4.78, 5) is 69.0. The highest BCUT2D eigenvalue weighted by atomic mass is 35.5. The molecule has 4 atom stereocenters. The summed E-state index contributed by atoms with van der Waals surface area (Å²) in [5, 5.41) is 36.2. The molecule has 4 aromatic rings. The van der Waals surface area contributed by atoms with Gasteiger partial charge in [-0.05, 0) is 129 Å². The van der Waals surface area contributed by atoms with Crippen LogP contribution in [0.3, 0.4) is 0 Å². The Hall–Kier alpha value is -6.50. The van der Waals surface area contributed by atoms with Crippen LogP contribution in [0.5, 0.6) is 11.5 Å². The Balaban J connectivity index is 0.000000426. The first-order valence-corrected chi connectivity index (χ1v) is 29.1. The number of aliphatic carboxylic acids is 1. The number of esters is 1. The lowest BCUT2D eigenvalue weighted by Crippen LogP contribution is -2.45. The lowest BCUT2D eigenvalue weighted by atomic mass is 10.1. The van der Waals surface area contributed by atoms with Gasteiger partial charge in [-0.25, -0.2) is 37.6 Å². The van der Waals surface area contributed by atoms with E-state index < -0.39 is 84.5 Å². The molecule has 0 spiro atoms. The Labute approximate surface area is 479 Å². The van der Waals surface area contributed by atoms with Crippen molar-refractivity contribution in [2.24, 2.45) is 0 Å². The number of hydrogen-bond donors (Lipinski definition) is 3. The van der Waals surface area contributed by atoms with Crippen LogP contribution in [0.4, 0.5) is 21.4 Å². The molecular formula is C51H70Cl2N6O20P2. The van der Waals surface area contributed by atoms with Gasteiger partial charge in [0.25, 0.3) is 0 Å². The summed E-state index contributed by atoms with van der Waals surface area (Å²) >= 11 is 11.5. The second-order valence-electron chi connectivity index (χ2n) is 19.6. The first-order chi connectivity index (χ1) is 38.0. The van der Waals surface area contributed by atoms with E-state index in [1.54, 1.807) is 79.9 Å². The number of hydrogen-bond acceptors (Lipinski definition) is 19. The number of benzene rings is 2. The zero-order chi connectivity index (χ0) is 60.6. The van der Waals surface area contributed by atoms with Gasteiger partial charge in [0.2, 0.25) is 0 Å². The Bertz CT molecular complexity index is 2780. The molecule has 0 saturated heterocycles. The number of nitrogens with zero attached hydrogens (tertiary/aromatic N) is 4. The highest BCUT2D eigenvalue weighted by Crippen LogP contribution is 2.53. The van der Waals surface area contributed by atoms with Crippen molar-refractivity contribution >= 4 is 74.6 Å². The standard InChI is InChI=1S/C27H37ClN3O10P.C24H33ClN3O10P/c1-6-17-37-25(32)23(29-26(33)40-27(2,3)4)18-20-9-11-21(12-10-20)41-42(36,30(5)16-8-7-15-28)38-19-22-13-14-24(39-22)31(34)35;1-24(2,3)37-23(31)26-20(22(29)30)15-17-7-9-18(10-8-17)38-39(34,27(4)14-6-5-13-25)35-16-19-11-12-21(36-19)28(32)33/h6,9-14,23H,1,7-8,15-19H2,2-5H3,(H,29,33);7-12,20H,5-6,13-16H2,1-4H3,(H,26,31)(H,29,30). The Morgan fingerprint density at radius 2 is 1.05 bits per heavy atom. The number of unbranched alkanes of at least 4 members (excludes halogenated alkanes) is 2. The molecule has 2 aromatic carbocycles. The van der Waals surface area contributed by atoms with Gasteiger partial charge in [-0.2, -0.15) is 0 Å². The number of carboxylic acids is 1. The van der Waals surface area contributed by atoms with E-state index in [-0.39, 0.29) is 55.7 Å². The van der Waals surface area contributed by atoms with Gasteiger partial charge in [0.05, 0.1) is 12.1 Å². The van der Waals surface area contributed by atoms with Gasteiger partial charge in [-0.1, -0.05) is 36.9 Å². The van der Waals surface area contributed by atoms with Crippen LogP contribution in [0.25, 0.3) is 0 Å². The number of alkyl halides is 2. The van der Waals surface area contributed by atoms with Crippen LogP contribution >= 0.6 is 38.7 Å². The number of halogens is 2. The minimum Gasteiger partial charge on any atom is -0.480 e. The summed E-state index contributed by atoms with van der Waals surface area (Å²) in [7, 11) is -4.80. The average molecular weight is 1220 g/mol. The van der Waals surface area contributed by atoms with Gasteiger partial charge >= 0.3 is 51.4 Å². The minimum atomic E-state index is -3.96. The Kier molecular flexibility index (Phi) is 27.9. The second kappa shape index (κ2) is 32.8. The molecule has 81 heavy (non-hydrogen) atoms. The molecule has 26 nitrogen and oxygen atoms in total. The van der Waals surface area contributed by atoms with Crippen molar-refractivity contribution in [1.29, 1.82) is 0 Å². The number of carbonyl (C=O) groups is 4. The molecule has 3 N–H and O–H groups in total. The summed E-state index contributed by atoms with van der Waals surface area (Å²) in [5.41, 5.74) is -0.365. The summed E-state index contributed by atoms with van der Waals surface area (Å²) in [6.07, 6.45) is 2.39. The third kappa shape index (κ3) is 25.5. The van der Waals surface area contributed by atoms with Gasteiger partial charge in [-0.3, -0.25) is 29.3 Å². The molecule has 30 heteroatoms. The first-order valence-electron chi connectivity index (χ1n) is 25.1. The van der Waals surface area contributed by atoms with Crippen LogP contribution in [0, 0.1) is 20.2 Å². The normalized spacial score (nSPS) is 13.7. The summed E-state index contributed by atoms with van der Waals surface area (Å²) in [5.74, 6) is -1.44. The maximum atomic E-state index is 13.8. The zero-order valence-electron chi connectivity index (χ0n) is 46.2. The minimum absolute atomic E-state index is 0.0306. The van der Waals surface area contributed by atoms with E-state index in [9.17, 15) is 53.6 Å². The molecule has 0 aliphatic carbocycles. The van der Waals surface area contributed by atoms with Crippen molar-refractivity contribution < 1.29 is 84.4 Å². The topological polar surface area (TPSA) is 330 Å². The van der Waals surface area contributed by atoms with Crippen LogP contribution in [-0.2, 0) is 68.0 Å². The molecule has 2 heterocycles. The number of nitro groups is 2. The zero-order valence-corrected chi connectivity index (χ0v) is 49.5. The van der Waals surface area contributed by atoms with Crippen molar-refractivity contribution in [2.45, 2.75) is 117 Å². The molecule has 448 valence electrons. The predicted octanol–water partition coefficient (Wildman–Crippen LogP) is 11.4. The fourth-order valence-electron chi connectivity index (χ4n) is 6.52. The van der Waals surface area contributed by atoms with Crippen LogP contribution in [-0.4, -0.2) is 117 Å². The molecule has 2 aromatic heterocycles. The highest BCUT2D eigenvalue weighted by molar-refractivity contribution is 7.51. The van der Waals surface area contributed by atoms with Crippen molar-refractivity contribution in [3.63, 3.8) is 0 Å². The number of ether oxygens (including phenoxy) is 3. The van der Waals surface area contributed by atoms with E-state index in [0.29, 0.717) is 61.7 Å². The van der Waals surface area contributed by atoms with E-state index in [1.165, 1.54) is 57.9 Å². The lowest BCUT2D eigenvalue weighted by Gasteiger charge is -2.27. The van der Waals surface area contributed by atoms with Gasteiger partial charge in [0.1, 0.15) is 76.0 Å². The molecule has 0 radical (unpaired) electrons. The van der Waals surface area contributed by atoms with E-state index in [1.807, 2.05) is 0 Å². The molecule has 0 aliphatic heterocycles. The van der Waals surface area contributed by atoms with Crippen molar-refractivity contribution in [1.82, 2.24) is 20.0 Å². The fourth-order valence-corrected chi connectivity index (χ4v) is 9.81. The monoisotopic (exact) mass is 1220 g/mol. The highest BCUT2D eigenvalue weighted by Gasteiger charge is 2.35. The fraction of sp³-hybridized carbons (Fsp3) is 0.490. The maximum Gasteiger partial charge on any atom is 0.461 e. The van der Waals surface area contributed by atoms with Gasteiger partial charge in [-0.15, -0.1) is 23.2 Å². The number of furan rings is 2. The Morgan fingerprint density at radius 3 is 1.38 bits per heavy atom. The molecule has 0 aliphatic rings. The van der Waals surface area contributed by atoms with Crippen LogP contribution in [0.2, 0.25) is 0 Å². The molecular weight excluding hydrogens is 1150 g/mol. The quantitative estimate of drug-likeness (QED) is 0.00597. The maximum absolute atomic E-state index is 13.8. The van der Waals surface area contributed by atoms with E-state index in [4.69, 9.17) is 64.3 Å². The number of alkyl carbamates (subject to hydrolysis) is 2. The van der Waals surface area contributed by atoms with Crippen molar-refractivity contribution in [3.8, 4) is 11.5 Å². The van der Waals surface area contributed by atoms with Crippen LogP contribution in [0.1, 0.15) is 89.9 Å². The molecule has 0 fully saturated rings. The number of carboxylic acid groups (broad SMARTS) is 1. The lowest BCUT2D eigenvalue weighted by molar-refractivity contribution is -0.402. The van der Waals surface area contributed by atoms with Crippen molar-refractivity contribution in [3.05, 3.63) is 128 Å². The third-order valence-corrected chi connectivity index (χ3v) is 14.8. The van der Waals surface area contributed by atoms with Crippen LogP contribution < -0.4 is 19.7 Å². The average Bonchev–Trinajstić information content (AvgIpc) is 4.12. The van der Waals surface area contributed by atoms with E-state index >= 15 is 0 Å². The van der Waals surface area contributed by atoms with Gasteiger partial charge < -0.3 is 47.8 Å².